The average Bonchev–Trinajstić information content (AvgIpc) is 1.39. The second-order valence-electron chi connectivity index (χ2n) is 0.150. The van der Waals surface area contributed by atoms with Gasteiger partial charge in [0.15, 0.2) is 12.3 Å². The van der Waals surface area contributed by atoms with Crippen LogP contribution in [-0.4, -0.2) is 9.11 Å². The van der Waals surface area contributed by atoms with Crippen LogP contribution in [0.2, 0.25) is 0 Å². The first-order valence-corrected chi connectivity index (χ1v) is 3.07. The summed E-state index contributed by atoms with van der Waals surface area (Å²) in [6.45, 7) is 0. The summed E-state index contributed by atoms with van der Waals surface area (Å²) >= 11 is -2.28. The molecule has 0 aromatic heterocycles. The maximum atomic E-state index is 8.50. The van der Waals surface area contributed by atoms with E-state index in [0.717, 1.165) is 0 Å². The Labute approximate surface area is 47.1 Å². The van der Waals surface area contributed by atoms with Gasteiger partial charge in [0.05, 0.1) is 0 Å². The van der Waals surface area contributed by atoms with Crippen molar-refractivity contribution < 1.29 is 34.4 Å². The van der Waals surface area contributed by atoms with Crippen molar-refractivity contribution in [2.24, 2.45) is 0 Å². The third-order valence-corrected chi connectivity index (χ3v) is 0. The van der Waals surface area contributed by atoms with Gasteiger partial charge in [-0.1, -0.05) is 0 Å². The molecule has 0 spiro atoms. The number of hydrogen-bond acceptors (Lipinski definition) is 5. The summed E-state index contributed by atoms with van der Waals surface area (Å²) in [4.78, 5) is 0. The van der Waals surface area contributed by atoms with Crippen LogP contribution < -0.4 is 0 Å². The fourth-order valence-corrected chi connectivity index (χ4v) is 0. The van der Waals surface area contributed by atoms with Crippen LogP contribution in [0, 0.1) is 0 Å². The molecule has 0 aromatic carbocycles. The van der Waals surface area contributed by atoms with Crippen molar-refractivity contribution in [1.82, 2.24) is 0 Å². The van der Waals surface area contributed by atoms with E-state index in [2.05, 4.69) is 0 Å². The molecule has 6 heteroatoms. The van der Waals surface area contributed by atoms with E-state index in [1.807, 2.05) is 0 Å². The van der Waals surface area contributed by atoms with E-state index >= 15 is 0 Å². The van der Waals surface area contributed by atoms with Gasteiger partial charge >= 0.3 is 25.3 Å². The monoisotopic (exact) mass is 196 g/mol. The molecule has 2 N–H and O–H groups in total. The number of rotatable bonds is 0. The Bertz CT molecular complexity index is 36.8. The van der Waals surface area contributed by atoms with Gasteiger partial charge < -0.3 is 9.11 Å². The molecule has 38 valence electrons. The van der Waals surface area contributed by atoms with E-state index in [9.17, 15) is 0 Å². The molecule has 0 aliphatic rings. The molecule has 0 radical (unpaired) electrons. The quantitative estimate of drug-likeness (QED) is 0.431. The summed E-state index contributed by atoms with van der Waals surface area (Å²) in [6.07, 6.45) is 0. The molecule has 0 aliphatic heterocycles. The third-order valence-electron chi connectivity index (χ3n) is 0. The van der Waals surface area contributed by atoms with Gasteiger partial charge in [0.1, 0.15) is 0 Å². The van der Waals surface area contributed by atoms with Crippen LogP contribution in [0.1, 0.15) is 0 Å². The van der Waals surface area contributed by atoms with Gasteiger partial charge in [0.25, 0.3) is 0 Å². The second kappa shape index (κ2) is 17.6. The Morgan fingerprint density at radius 2 is 1.33 bits per heavy atom. The molecule has 0 fully saturated rings. The van der Waals surface area contributed by atoms with Gasteiger partial charge in [-0.25, -0.2) is 0 Å². The van der Waals surface area contributed by atoms with Gasteiger partial charge in [-0.15, -0.1) is 0 Å². The van der Waals surface area contributed by atoms with Crippen LogP contribution in [0.15, 0.2) is 0 Å². The SMILES string of the molecule is OSO.[O]=[Mo]=[O]. The first kappa shape index (κ1) is 9.75. The Balaban J connectivity index is 0. The van der Waals surface area contributed by atoms with Crippen molar-refractivity contribution in [2.75, 3.05) is 0 Å². The molecule has 0 bridgehead atoms. The van der Waals surface area contributed by atoms with Gasteiger partial charge in [-0.3, -0.25) is 0 Å². The summed E-state index contributed by atoms with van der Waals surface area (Å²) in [5, 5.41) is 0. The third kappa shape index (κ3) is 185. The average molecular weight is 194 g/mol. The molecule has 6 heavy (non-hydrogen) atoms. The fraction of sp³-hybridized carbons (Fsp3) is 0. The fourth-order valence-electron chi connectivity index (χ4n) is 0. The van der Waals surface area contributed by atoms with E-state index in [0.29, 0.717) is 0 Å². The van der Waals surface area contributed by atoms with Crippen LogP contribution in [-0.2, 0) is 25.3 Å². The molecule has 4 nitrogen and oxygen atoms in total. The normalized spacial score (nSPS) is 5.00. The predicted molar refractivity (Wildman–Crippen MR) is 14.2 cm³/mol. The summed E-state index contributed by atoms with van der Waals surface area (Å²) in [5.74, 6) is 0. The molecular formula is H2MoO4S. The van der Waals surface area contributed by atoms with Crippen molar-refractivity contribution in [3.8, 4) is 0 Å². The standard InChI is InChI=1S/Mo.H2O2S.2O/c;1-3-2;;/h;1-2H;;. The Morgan fingerprint density at radius 1 is 1.33 bits per heavy atom. The molecule has 0 atom stereocenters. The maximum absolute atomic E-state index is 8.50. The van der Waals surface area contributed by atoms with Crippen molar-refractivity contribution in [2.45, 2.75) is 0 Å². The van der Waals surface area contributed by atoms with Crippen molar-refractivity contribution >= 4 is 12.3 Å². The van der Waals surface area contributed by atoms with Gasteiger partial charge in [0.2, 0.25) is 0 Å². The van der Waals surface area contributed by atoms with Crippen LogP contribution in [0.4, 0.5) is 0 Å². The minimum atomic E-state index is -2.03. The molecular weight excluding hydrogens is 192 g/mol. The summed E-state index contributed by atoms with van der Waals surface area (Å²) < 4.78 is 31.1. The van der Waals surface area contributed by atoms with Gasteiger partial charge in [0, 0.05) is 0 Å². The van der Waals surface area contributed by atoms with Gasteiger partial charge in [-0.2, -0.15) is 0 Å². The first-order chi connectivity index (χ1) is 2.83. The zero-order valence-corrected chi connectivity index (χ0v) is 5.35. The second-order valence-corrected chi connectivity index (χ2v) is 0.647. The molecule has 0 unspecified atom stereocenters. The molecule has 0 saturated heterocycles. The summed E-state index contributed by atoms with van der Waals surface area (Å²) in [7, 11) is 0. The zero-order chi connectivity index (χ0) is 5.41. The van der Waals surface area contributed by atoms with Crippen LogP contribution in [0.3, 0.4) is 0 Å². The van der Waals surface area contributed by atoms with E-state index in [1.165, 1.54) is 0 Å². The Morgan fingerprint density at radius 3 is 1.33 bits per heavy atom. The Hall–Kier alpha value is 0.558. The zero-order valence-electron chi connectivity index (χ0n) is 2.53. The van der Waals surface area contributed by atoms with E-state index in [-0.39, 0.29) is 12.3 Å². The van der Waals surface area contributed by atoms with Crippen LogP contribution in [0.25, 0.3) is 0 Å². The van der Waals surface area contributed by atoms with Gasteiger partial charge in [-0.05, 0) is 0 Å². The molecule has 0 aromatic rings. The number of hydrogen-bond donors (Lipinski definition) is 2. The predicted octanol–water partition coefficient (Wildman–Crippen LogP) is 0.425. The van der Waals surface area contributed by atoms with Crippen LogP contribution in [0.5, 0.6) is 0 Å². The first-order valence-electron chi connectivity index (χ1n) is 0.698. The summed E-state index contributed by atoms with van der Waals surface area (Å²) in [5.41, 5.74) is 0. The molecule has 0 saturated carbocycles. The molecule has 0 aliphatic carbocycles. The van der Waals surface area contributed by atoms with Crippen molar-refractivity contribution in [3.63, 3.8) is 0 Å². The Kier molecular flexibility index (Phi) is 28.7. The topological polar surface area (TPSA) is 74.6 Å². The minimum absolute atomic E-state index is 0.250. The van der Waals surface area contributed by atoms with E-state index in [1.54, 1.807) is 0 Å². The molecule has 0 heterocycles. The summed E-state index contributed by atoms with van der Waals surface area (Å²) in [6, 6.07) is 0. The molecule has 0 amide bonds. The van der Waals surface area contributed by atoms with Crippen molar-refractivity contribution in [3.05, 3.63) is 0 Å². The van der Waals surface area contributed by atoms with Crippen molar-refractivity contribution in [1.29, 1.82) is 0 Å². The molecule has 0 rings (SSSR count). The van der Waals surface area contributed by atoms with Crippen LogP contribution >= 0.6 is 12.3 Å². The van der Waals surface area contributed by atoms with E-state index in [4.69, 9.17) is 15.9 Å². The van der Waals surface area contributed by atoms with E-state index < -0.39 is 18.5 Å².